The number of carboxylic acid groups (broad SMARTS) is 1. The highest BCUT2D eigenvalue weighted by Gasteiger charge is 2.23. The second-order valence-electron chi connectivity index (χ2n) is 4.93. The summed E-state index contributed by atoms with van der Waals surface area (Å²) in [5.74, 6) is -1.74. The van der Waals surface area contributed by atoms with Crippen LogP contribution >= 0.6 is 0 Å². The molecule has 1 aromatic rings. The molecular weight excluding hydrogens is 252 g/mol. The molecule has 5 heteroatoms. The van der Waals surface area contributed by atoms with Crippen molar-refractivity contribution < 1.29 is 18.7 Å². The molecule has 1 aliphatic heterocycles. The number of halogens is 2. The SMILES string of the molecule is O=C(O)CCN1CCC(c2ccc(F)cc2F)CC1. The Balaban J connectivity index is 1.90. The van der Waals surface area contributed by atoms with Crippen molar-refractivity contribution in [1.82, 2.24) is 4.90 Å². The first kappa shape index (κ1) is 13.9. The van der Waals surface area contributed by atoms with Crippen molar-refractivity contribution >= 4 is 5.97 Å². The maximum absolute atomic E-state index is 13.7. The summed E-state index contributed by atoms with van der Waals surface area (Å²) in [5.41, 5.74) is 0.569. The largest absolute Gasteiger partial charge is 0.481 e. The third kappa shape index (κ3) is 3.73. The molecule has 1 fully saturated rings. The minimum absolute atomic E-state index is 0.0988. The lowest BCUT2D eigenvalue weighted by molar-refractivity contribution is -0.137. The highest BCUT2D eigenvalue weighted by Crippen LogP contribution is 2.30. The van der Waals surface area contributed by atoms with Crippen LogP contribution in [-0.2, 0) is 4.79 Å². The van der Waals surface area contributed by atoms with E-state index < -0.39 is 17.6 Å². The summed E-state index contributed by atoms with van der Waals surface area (Å²) < 4.78 is 26.5. The number of carbonyl (C=O) groups is 1. The Morgan fingerprint density at radius 3 is 2.58 bits per heavy atom. The summed E-state index contributed by atoms with van der Waals surface area (Å²) in [4.78, 5) is 12.6. The van der Waals surface area contributed by atoms with Crippen LogP contribution in [0.25, 0.3) is 0 Å². The molecule has 1 N–H and O–H groups in total. The predicted octanol–water partition coefficient (Wildman–Crippen LogP) is 2.62. The van der Waals surface area contributed by atoms with E-state index in [4.69, 9.17) is 5.11 Å². The van der Waals surface area contributed by atoms with E-state index in [1.54, 1.807) is 0 Å². The van der Waals surface area contributed by atoms with E-state index in [-0.39, 0.29) is 12.3 Å². The molecule has 104 valence electrons. The van der Waals surface area contributed by atoms with E-state index in [1.807, 2.05) is 0 Å². The first-order chi connectivity index (χ1) is 9.06. The van der Waals surface area contributed by atoms with Crippen molar-refractivity contribution in [2.45, 2.75) is 25.2 Å². The van der Waals surface area contributed by atoms with Gasteiger partial charge in [0.1, 0.15) is 11.6 Å². The van der Waals surface area contributed by atoms with E-state index in [0.29, 0.717) is 12.1 Å². The molecule has 1 aromatic carbocycles. The van der Waals surface area contributed by atoms with E-state index in [0.717, 1.165) is 32.0 Å². The zero-order valence-corrected chi connectivity index (χ0v) is 10.6. The number of rotatable bonds is 4. The third-order valence-corrected chi connectivity index (χ3v) is 3.63. The third-order valence-electron chi connectivity index (χ3n) is 3.63. The van der Waals surface area contributed by atoms with Gasteiger partial charge in [-0.25, -0.2) is 8.78 Å². The molecule has 0 unspecified atom stereocenters. The molecule has 0 atom stereocenters. The standard InChI is InChI=1S/C14H17F2NO2/c15-11-1-2-12(13(16)9-11)10-3-6-17(7-4-10)8-5-14(18)19/h1-2,9-10H,3-8H2,(H,18,19). The number of likely N-dealkylation sites (tertiary alicyclic amines) is 1. The van der Waals surface area contributed by atoms with Crippen LogP contribution in [0.4, 0.5) is 8.78 Å². The number of piperidine rings is 1. The second-order valence-corrected chi connectivity index (χ2v) is 4.93. The molecule has 1 aliphatic rings. The fourth-order valence-corrected chi connectivity index (χ4v) is 2.55. The second kappa shape index (κ2) is 6.10. The van der Waals surface area contributed by atoms with Gasteiger partial charge in [0, 0.05) is 12.6 Å². The van der Waals surface area contributed by atoms with Gasteiger partial charge in [0.05, 0.1) is 6.42 Å². The van der Waals surface area contributed by atoms with Crippen LogP contribution in [0.15, 0.2) is 18.2 Å². The van der Waals surface area contributed by atoms with Crippen molar-refractivity contribution in [3.8, 4) is 0 Å². The van der Waals surface area contributed by atoms with Gasteiger partial charge in [0.2, 0.25) is 0 Å². The summed E-state index contributed by atoms with van der Waals surface area (Å²) >= 11 is 0. The molecule has 0 saturated carbocycles. The quantitative estimate of drug-likeness (QED) is 0.913. The number of hydrogen-bond donors (Lipinski definition) is 1. The molecule has 0 radical (unpaired) electrons. The first-order valence-corrected chi connectivity index (χ1v) is 6.45. The number of nitrogens with zero attached hydrogens (tertiary/aromatic N) is 1. The lowest BCUT2D eigenvalue weighted by Gasteiger charge is -2.31. The van der Waals surface area contributed by atoms with Gasteiger partial charge in [0.25, 0.3) is 0 Å². The van der Waals surface area contributed by atoms with Crippen molar-refractivity contribution in [2.24, 2.45) is 0 Å². The lowest BCUT2D eigenvalue weighted by atomic mass is 9.89. The van der Waals surface area contributed by atoms with E-state index in [9.17, 15) is 13.6 Å². The molecule has 0 bridgehead atoms. The zero-order chi connectivity index (χ0) is 13.8. The van der Waals surface area contributed by atoms with E-state index in [2.05, 4.69) is 4.90 Å². The highest BCUT2D eigenvalue weighted by atomic mass is 19.1. The molecular formula is C14H17F2NO2. The van der Waals surface area contributed by atoms with E-state index in [1.165, 1.54) is 12.1 Å². The molecule has 0 amide bonds. The fourth-order valence-electron chi connectivity index (χ4n) is 2.55. The maximum atomic E-state index is 13.7. The Hall–Kier alpha value is -1.49. The molecule has 0 aliphatic carbocycles. The van der Waals surface area contributed by atoms with Crippen molar-refractivity contribution in [2.75, 3.05) is 19.6 Å². The smallest absolute Gasteiger partial charge is 0.304 e. The van der Waals surface area contributed by atoms with Gasteiger partial charge in [-0.15, -0.1) is 0 Å². The summed E-state index contributed by atoms with van der Waals surface area (Å²) in [5, 5.41) is 8.62. The molecule has 2 rings (SSSR count). The van der Waals surface area contributed by atoms with Gasteiger partial charge in [-0.05, 0) is 43.5 Å². The van der Waals surface area contributed by atoms with Crippen molar-refractivity contribution in [3.05, 3.63) is 35.4 Å². The molecule has 3 nitrogen and oxygen atoms in total. The number of aliphatic carboxylic acids is 1. The monoisotopic (exact) mass is 269 g/mol. The van der Waals surface area contributed by atoms with Crippen LogP contribution in [0.2, 0.25) is 0 Å². The fraction of sp³-hybridized carbons (Fsp3) is 0.500. The van der Waals surface area contributed by atoms with Crippen molar-refractivity contribution in [1.29, 1.82) is 0 Å². The van der Waals surface area contributed by atoms with Crippen LogP contribution in [0.1, 0.15) is 30.7 Å². The normalized spacial score (nSPS) is 17.6. The Labute approximate surface area is 110 Å². The molecule has 0 spiro atoms. The Bertz CT molecular complexity index is 457. The minimum Gasteiger partial charge on any atom is -0.481 e. The zero-order valence-electron chi connectivity index (χ0n) is 10.6. The minimum atomic E-state index is -0.799. The van der Waals surface area contributed by atoms with Gasteiger partial charge < -0.3 is 10.0 Å². The summed E-state index contributed by atoms with van der Waals surface area (Å²) in [6.07, 6.45) is 1.69. The topological polar surface area (TPSA) is 40.5 Å². The summed E-state index contributed by atoms with van der Waals surface area (Å²) in [6, 6.07) is 3.73. The number of carboxylic acids is 1. The maximum Gasteiger partial charge on any atom is 0.304 e. The van der Waals surface area contributed by atoms with Gasteiger partial charge in [0.15, 0.2) is 0 Å². The van der Waals surface area contributed by atoms with Gasteiger partial charge in [-0.2, -0.15) is 0 Å². The number of benzene rings is 1. The molecule has 19 heavy (non-hydrogen) atoms. The number of hydrogen-bond acceptors (Lipinski definition) is 2. The van der Waals surface area contributed by atoms with Crippen LogP contribution in [-0.4, -0.2) is 35.6 Å². The Kier molecular flexibility index (Phi) is 4.47. The summed E-state index contributed by atoms with van der Waals surface area (Å²) in [7, 11) is 0. The Morgan fingerprint density at radius 2 is 2.00 bits per heavy atom. The molecule has 0 aromatic heterocycles. The van der Waals surface area contributed by atoms with Crippen LogP contribution < -0.4 is 0 Å². The predicted molar refractivity (Wildman–Crippen MR) is 67.0 cm³/mol. The highest BCUT2D eigenvalue weighted by molar-refractivity contribution is 5.66. The molecule has 1 heterocycles. The van der Waals surface area contributed by atoms with E-state index >= 15 is 0 Å². The average Bonchev–Trinajstić information content (AvgIpc) is 2.37. The molecule has 1 saturated heterocycles. The average molecular weight is 269 g/mol. The van der Waals surface area contributed by atoms with Gasteiger partial charge in [-0.3, -0.25) is 4.79 Å². The van der Waals surface area contributed by atoms with Gasteiger partial charge >= 0.3 is 5.97 Å². The Morgan fingerprint density at radius 1 is 1.32 bits per heavy atom. The lowest BCUT2D eigenvalue weighted by Crippen LogP contribution is -2.34. The van der Waals surface area contributed by atoms with Crippen LogP contribution in [0.5, 0.6) is 0 Å². The van der Waals surface area contributed by atoms with Gasteiger partial charge in [-0.1, -0.05) is 6.07 Å². The van der Waals surface area contributed by atoms with Crippen LogP contribution in [0.3, 0.4) is 0 Å². The van der Waals surface area contributed by atoms with Crippen molar-refractivity contribution in [3.63, 3.8) is 0 Å². The first-order valence-electron chi connectivity index (χ1n) is 6.45. The van der Waals surface area contributed by atoms with Crippen LogP contribution in [0, 0.1) is 11.6 Å². The summed E-state index contributed by atoms with van der Waals surface area (Å²) in [6.45, 7) is 2.05.